The zero-order valence-electron chi connectivity index (χ0n) is 8.15. The van der Waals surface area contributed by atoms with Gasteiger partial charge in [0.15, 0.2) is 0 Å². The summed E-state index contributed by atoms with van der Waals surface area (Å²) in [6.07, 6.45) is 1.07. The topological polar surface area (TPSA) is 80.5 Å². The summed E-state index contributed by atoms with van der Waals surface area (Å²) in [4.78, 5) is 10.7. The second-order valence-corrected chi connectivity index (χ2v) is 5.22. The zero-order valence-corrected chi connectivity index (χ0v) is 8.97. The number of carbonyl (C=O) groups excluding carboxylic acids is 1. The Morgan fingerprint density at radius 1 is 1.54 bits per heavy atom. The molecule has 13 heavy (non-hydrogen) atoms. The molecule has 6 heteroatoms. The molecular formula is C7H16N2O3S. The molecule has 0 saturated heterocycles. The Kier molecular flexibility index (Phi) is 4.52. The van der Waals surface area contributed by atoms with Gasteiger partial charge in [0.05, 0.1) is 12.8 Å². The van der Waals surface area contributed by atoms with Crippen LogP contribution in [0.5, 0.6) is 0 Å². The molecule has 0 heterocycles. The third-order valence-corrected chi connectivity index (χ3v) is 2.58. The summed E-state index contributed by atoms with van der Waals surface area (Å²) in [6.45, 7) is 3.12. The lowest BCUT2D eigenvalue weighted by Gasteiger charge is -2.20. The van der Waals surface area contributed by atoms with Crippen molar-refractivity contribution in [3.8, 4) is 0 Å². The van der Waals surface area contributed by atoms with E-state index in [1.165, 1.54) is 6.92 Å². The van der Waals surface area contributed by atoms with E-state index in [9.17, 15) is 13.2 Å². The number of Topliss-reactive ketones (excluding diaryl/α,β-unsaturated/α-hetero) is 1. The van der Waals surface area contributed by atoms with E-state index in [4.69, 9.17) is 5.73 Å². The quantitative estimate of drug-likeness (QED) is 0.640. The maximum absolute atomic E-state index is 11.1. The third-order valence-electron chi connectivity index (χ3n) is 1.36. The highest BCUT2D eigenvalue weighted by molar-refractivity contribution is 7.88. The molecule has 0 bridgehead atoms. The summed E-state index contributed by atoms with van der Waals surface area (Å²) in [7, 11) is -3.32. The fourth-order valence-corrected chi connectivity index (χ4v) is 1.81. The van der Waals surface area contributed by atoms with Crippen molar-refractivity contribution >= 4 is 15.8 Å². The molecule has 0 aromatic carbocycles. The van der Waals surface area contributed by atoms with Crippen molar-refractivity contribution in [3.63, 3.8) is 0 Å². The van der Waals surface area contributed by atoms with Crippen LogP contribution in [0.1, 0.15) is 13.8 Å². The van der Waals surface area contributed by atoms with Crippen LogP contribution in [0.3, 0.4) is 0 Å². The number of carbonyl (C=O) groups is 1. The second kappa shape index (κ2) is 4.69. The van der Waals surface area contributed by atoms with E-state index in [0.717, 1.165) is 10.6 Å². The SMILES string of the molecule is CC(=O)CN(C[C@H](C)N)S(C)(=O)=O. The first-order valence-electron chi connectivity index (χ1n) is 3.93. The predicted molar refractivity (Wildman–Crippen MR) is 50.7 cm³/mol. The fourth-order valence-electron chi connectivity index (χ4n) is 0.887. The average molecular weight is 208 g/mol. The minimum absolute atomic E-state index is 0.0969. The number of sulfonamides is 1. The Bertz CT molecular complexity index is 271. The highest BCUT2D eigenvalue weighted by atomic mass is 32.2. The van der Waals surface area contributed by atoms with Crippen LogP contribution in [0.4, 0.5) is 0 Å². The van der Waals surface area contributed by atoms with Gasteiger partial charge in [-0.15, -0.1) is 0 Å². The van der Waals surface area contributed by atoms with Crippen LogP contribution in [0.2, 0.25) is 0 Å². The highest BCUT2D eigenvalue weighted by Gasteiger charge is 2.19. The van der Waals surface area contributed by atoms with Crippen LogP contribution < -0.4 is 5.73 Å². The van der Waals surface area contributed by atoms with Gasteiger partial charge in [-0.3, -0.25) is 4.79 Å². The van der Waals surface area contributed by atoms with Gasteiger partial charge in [-0.1, -0.05) is 0 Å². The van der Waals surface area contributed by atoms with Crippen LogP contribution in [0.15, 0.2) is 0 Å². The Morgan fingerprint density at radius 3 is 2.23 bits per heavy atom. The number of nitrogens with zero attached hydrogens (tertiary/aromatic N) is 1. The third kappa shape index (κ3) is 5.73. The number of rotatable bonds is 5. The van der Waals surface area contributed by atoms with Crippen molar-refractivity contribution in [1.29, 1.82) is 0 Å². The molecular weight excluding hydrogens is 192 g/mol. The van der Waals surface area contributed by atoms with Gasteiger partial charge in [0.1, 0.15) is 5.78 Å². The van der Waals surface area contributed by atoms with Gasteiger partial charge in [0, 0.05) is 12.6 Å². The first kappa shape index (κ1) is 12.5. The Balaban J connectivity index is 4.47. The molecule has 0 fully saturated rings. The van der Waals surface area contributed by atoms with Crippen LogP contribution in [0, 0.1) is 0 Å². The molecule has 0 amide bonds. The molecule has 0 aromatic rings. The van der Waals surface area contributed by atoms with Gasteiger partial charge in [-0.2, -0.15) is 4.31 Å². The van der Waals surface area contributed by atoms with E-state index < -0.39 is 10.0 Å². The maximum Gasteiger partial charge on any atom is 0.211 e. The van der Waals surface area contributed by atoms with Crippen molar-refractivity contribution in [2.45, 2.75) is 19.9 Å². The molecule has 0 aliphatic carbocycles. The Morgan fingerprint density at radius 2 is 2.00 bits per heavy atom. The zero-order chi connectivity index (χ0) is 10.6. The fraction of sp³-hybridized carbons (Fsp3) is 0.857. The number of nitrogens with two attached hydrogens (primary N) is 1. The molecule has 0 spiro atoms. The lowest BCUT2D eigenvalue weighted by molar-refractivity contribution is -0.117. The van der Waals surface area contributed by atoms with Crippen molar-refractivity contribution in [2.75, 3.05) is 19.3 Å². The van der Waals surface area contributed by atoms with Crippen LogP contribution >= 0.6 is 0 Å². The maximum atomic E-state index is 11.1. The van der Waals surface area contributed by atoms with E-state index in [2.05, 4.69) is 0 Å². The molecule has 0 saturated carbocycles. The summed E-state index contributed by atoms with van der Waals surface area (Å²) in [5, 5.41) is 0. The Hall–Kier alpha value is -0.460. The van der Waals surface area contributed by atoms with Crippen LogP contribution in [0.25, 0.3) is 0 Å². The van der Waals surface area contributed by atoms with Gasteiger partial charge in [-0.25, -0.2) is 8.42 Å². The highest BCUT2D eigenvalue weighted by Crippen LogP contribution is 1.98. The average Bonchev–Trinajstić information content (AvgIpc) is 1.81. The molecule has 0 radical (unpaired) electrons. The molecule has 1 atom stereocenters. The van der Waals surface area contributed by atoms with E-state index in [-0.39, 0.29) is 24.9 Å². The van der Waals surface area contributed by atoms with Gasteiger partial charge in [0.2, 0.25) is 10.0 Å². The first-order valence-corrected chi connectivity index (χ1v) is 5.78. The van der Waals surface area contributed by atoms with Crippen LogP contribution in [-0.4, -0.2) is 43.9 Å². The van der Waals surface area contributed by atoms with Crippen molar-refractivity contribution < 1.29 is 13.2 Å². The summed E-state index contributed by atoms with van der Waals surface area (Å²) in [5.74, 6) is -0.189. The van der Waals surface area contributed by atoms with Gasteiger partial charge in [-0.05, 0) is 13.8 Å². The van der Waals surface area contributed by atoms with Gasteiger partial charge >= 0.3 is 0 Å². The van der Waals surface area contributed by atoms with E-state index >= 15 is 0 Å². The van der Waals surface area contributed by atoms with Gasteiger partial charge in [0.25, 0.3) is 0 Å². The number of ketones is 1. The molecule has 0 unspecified atom stereocenters. The summed E-state index contributed by atoms with van der Waals surface area (Å²) < 4.78 is 23.3. The summed E-state index contributed by atoms with van der Waals surface area (Å²) >= 11 is 0. The molecule has 0 rings (SSSR count). The van der Waals surface area contributed by atoms with Crippen LogP contribution in [-0.2, 0) is 14.8 Å². The lowest BCUT2D eigenvalue weighted by Crippen LogP contribution is -2.41. The number of hydrogen-bond donors (Lipinski definition) is 1. The van der Waals surface area contributed by atoms with Crippen molar-refractivity contribution in [2.24, 2.45) is 5.73 Å². The molecule has 0 aliphatic rings. The Labute approximate surface area is 79.0 Å². The predicted octanol–water partition coefficient (Wildman–Crippen LogP) is -0.816. The van der Waals surface area contributed by atoms with E-state index in [1.807, 2.05) is 0 Å². The molecule has 0 aliphatic heterocycles. The van der Waals surface area contributed by atoms with Crippen molar-refractivity contribution in [3.05, 3.63) is 0 Å². The monoisotopic (exact) mass is 208 g/mol. The number of hydrogen-bond acceptors (Lipinski definition) is 4. The van der Waals surface area contributed by atoms with Crippen molar-refractivity contribution in [1.82, 2.24) is 4.31 Å². The minimum atomic E-state index is -3.32. The van der Waals surface area contributed by atoms with Gasteiger partial charge < -0.3 is 5.73 Å². The lowest BCUT2D eigenvalue weighted by atomic mass is 10.3. The summed E-state index contributed by atoms with van der Waals surface area (Å²) in [5.41, 5.74) is 5.45. The second-order valence-electron chi connectivity index (χ2n) is 3.23. The smallest absolute Gasteiger partial charge is 0.211 e. The molecule has 78 valence electrons. The molecule has 5 nitrogen and oxygen atoms in total. The molecule has 2 N–H and O–H groups in total. The first-order chi connectivity index (χ1) is 5.73. The normalized spacial score (nSPS) is 14.5. The standard InChI is InChI=1S/C7H16N2O3S/c1-6(8)4-9(5-7(2)10)13(3,11)12/h6H,4-5,8H2,1-3H3/t6-/m0/s1. The largest absolute Gasteiger partial charge is 0.327 e. The van der Waals surface area contributed by atoms with E-state index in [0.29, 0.717) is 0 Å². The molecule has 0 aromatic heterocycles. The minimum Gasteiger partial charge on any atom is -0.327 e. The van der Waals surface area contributed by atoms with E-state index in [1.54, 1.807) is 6.92 Å². The summed E-state index contributed by atoms with van der Waals surface area (Å²) in [6, 6.07) is -0.269.